The van der Waals surface area contributed by atoms with Gasteiger partial charge in [-0.3, -0.25) is 15.0 Å². The molecule has 1 aliphatic heterocycles. The summed E-state index contributed by atoms with van der Waals surface area (Å²) in [6.45, 7) is 2.88. The molecule has 0 amide bonds. The number of carboxylic acid groups (broad SMARTS) is 1. The first-order valence-electron chi connectivity index (χ1n) is 10.7. The molecule has 1 aliphatic rings. The quantitative estimate of drug-likeness (QED) is 0.416. The van der Waals surface area contributed by atoms with Crippen LogP contribution >= 0.6 is 11.6 Å². The number of hydrogen-bond acceptors (Lipinski definition) is 6. The van der Waals surface area contributed by atoms with E-state index in [9.17, 15) is 13.2 Å². The third kappa shape index (κ3) is 5.68. The zero-order valence-corrected chi connectivity index (χ0v) is 19.3. The number of rotatable bonds is 3. The average Bonchev–Trinajstić information content (AvgIpc) is 3.18. The Bertz CT molecular complexity index is 1350. The summed E-state index contributed by atoms with van der Waals surface area (Å²) in [5.41, 5.74) is 3.79. The minimum atomic E-state index is -5.08. The molecule has 1 saturated heterocycles. The molecule has 35 heavy (non-hydrogen) atoms. The Labute approximate surface area is 202 Å². The van der Waals surface area contributed by atoms with E-state index in [1.165, 1.54) is 0 Å². The van der Waals surface area contributed by atoms with Crippen molar-refractivity contribution in [1.29, 1.82) is 0 Å². The van der Waals surface area contributed by atoms with Crippen LogP contribution in [0.1, 0.15) is 37.3 Å². The van der Waals surface area contributed by atoms with Crippen LogP contribution in [0.15, 0.2) is 43.0 Å². The van der Waals surface area contributed by atoms with Crippen molar-refractivity contribution in [1.82, 2.24) is 24.5 Å². The molecule has 1 fully saturated rings. The molecule has 0 unspecified atom stereocenters. The maximum Gasteiger partial charge on any atom is 0.490 e. The van der Waals surface area contributed by atoms with Gasteiger partial charge in [-0.05, 0) is 38.0 Å². The number of fused-ring (bicyclic) bond motifs is 3. The largest absolute Gasteiger partial charge is 0.490 e. The smallest absolute Gasteiger partial charge is 0.475 e. The number of pyridine rings is 1. The molecule has 4 aromatic rings. The summed E-state index contributed by atoms with van der Waals surface area (Å²) in [5.74, 6) is -1.78. The lowest BCUT2D eigenvalue weighted by Crippen LogP contribution is -2.26. The molecule has 2 atom stereocenters. The van der Waals surface area contributed by atoms with E-state index in [4.69, 9.17) is 31.2 Å². The third-order valence-electron chi connectivity index (χ3n) is 5.57. The molecule has 0 spiro atoms. The first kappa shape index (κ1) is 24.8. The standard InChI is InChI=1S/C21H20ClN5O.C2HF3O2/c1-13-8-16(4-7-28-13)27-20(10-15-11-23-5-6-24-15)26-19-12-25-18-3-2-14(22)9-17(18)21(19)27;3-2(4,5)1(6)7/h2-3,5-6,9,11-13,16H,4,7-8,10H2,1H3;(H,6,7)/t13-,16-;/m1./s1. The van der Waals surface area contributed by atoms with Crippen molar-refractivity contribution in [3.05, 3.63) is 59.5 Å². The number of aliphatic carboxylic acids is 1. The molecule has 8 nitrogen and oxygen atoms in total. The Kier molecular flexibility index (Phi) is 7.18. The van der Waals surface area contributed by atoms with Gasteiger partial charge < -0.3 is 14.4 Å². The Morgan fingerprint density at radius 3 is 2.66 bits per heavy atom. The Balaban J connectivity index is 0.000000364. The number of halogens is 4. The predicted octanol–water partition coefficient (Wildman–Crippen LogP) is 4.99. The average molecular weight is 508 g/mol. The van der Waals surface area contributed by atoms with Crippen molar-refractivity contribution in [2.45, 2.75) is 44.5 Å². The molecule has 5 rings (SSSR count). The summed E-state index contributed by atoms with van der Waals surface area (Å²) in [4.78, 5) is 27.1. The van der Waals surface area contributed by atoms with Crippen molar-refractivity contribution in [3.8, 4) is 0 Å². The summed E-state index contributed by atoms with van der Waals surface area (Å²) in [7, 11) is 0. The number of imidazole rings is 1. The molecule has 3 aromatic heterocycles. The fraction of sp³-hybridized carbons (Fsp3) is 0.348. The molecule has 0 saturated carbocycles. The van der Waals surface area contributed by atoms with Gasteiger partial charge in [-0.1, -0.05) is 11.6 Å². The minimum absolute atomic E-state index is 0.220. The van der Waals surface area contributed by atoms with Crippen LogP contribution < -0.4 is 0 Å². The molecule has 1 aromatic carbocycles. The van der Waals surface area contributed by atoms with Crippen LogP contribution in [0, 0.1) is 0 Å². The molecule has 0 bridgehead atoms. The summed E-state index contributed by atoms with van der Waals surface area (Å²) in [6, 6.07) is 6.13. The topological polar surface area (TPSA) is 103 Å². The van der Waals surface area contributed by atoms with E-state index in [1.54, 1.807) is 18.6 Å². The number of ether oxygens (including phenoxy) is 1. The highest BCUT2D eigenvalue weighted by Gasteiger charge is 2.38. The first-order valence-corrected chi connectivity index (χ1v) is 11.1. The third-order valence-corrected chi connectivity index (χ3v) is 5.81. The number of carboxylic acids is 1. The van der Waals surface area contributed by atoms with Crippen molar-refractivity contribution < 1.29 is 27.8 Å². The van der Waals surface area contributed by atoms with Gasteiger partial charge in [-0.2, -0.15) is 13.2 Å². The summed E-state index contributed by atoms with van der Waals surface area (Å²) >= 11 is 6.32. The molecular weight excluding hydrogens is 487 g/mol. The van der Waals surface area contributed by atoms with Crippen molar-refractivity contribution >= 4 is 39.5 Å². The lowest BCUT2D eigenvalue weighted by molar-refractivity contribution is -0.192. The minimum Gasteiger partial charge on any atom is -0.475 e. The lowest BCUT2D eigenvalue weighted by atomic mass is 10.0. The van der Waals surface area contributed by atoms with E-state index in [1.807, 2.05) is 24.4 Å². The summed E-state index contributed by atoms with van der Waals surface area (Å²) < 4.78 is 39.9. The zero-order chi connectivity index (χ0) is 25.2. The molecule has 0 aliphatic carbocycles. The maximum absolute atomic E-state index is 10.6. The fourth-order valence-electron chi connectivity index (χ4n) is 4.11. The molecule has 1 N–H and O–H groups in total. The number of alkyl halides is 3. The van der Waals surface area contributed by atoms with Crippen LogP contribution in [0.2, 0.25) is 5.02 Å². The Morgan fingerprint density at radius 1 is 1.23 bits per heavy atom. The van der Waals surface area contributed by atoms with Crippen LogP contribution in [0.25, 0.3) is 21.9 Å². The van der Waals surface area contributed by atoms with Gasteiger partial charge in [-0.15, -0.1) is 0 Å². The number of aromatic nitrogens is 5. The maximum atomic E-state index is 10.6. The van der Waals surface area contributed by atoms with Gasteiger partial charge in [0, 0.05) is 48.1 Å². The number of nitrogens with zero attached hydrogens (tertiary/aromatic N) is 5. The Hall–Kier alpha value is -3.31. The van der Waals surface area contributed by atoms with Crippen molar-refractivity contribution in [2.24, 2.45) is 0 Å². The number of benzene rings is 1. The zero-order valence-electron chi connectivity index (χ0n) is 18.5. The lowest BCUT2D eigenvalue weighted by Gasteiger charge is -2.30. The summed E-state index contributed by atoms with van der Waals surface area (Å²) in [5, 5.41) is 8.85. The van der Waals surface area contributed by atoms with Gasteiger partial charge >= 0.3 is 12.1 Å². The second-order valence-electron chi connectivity index (χ2n) is 8.09. The van der Waals surface area contributed by atoms with E-state index in [0.717, 1.165) is 52.9 Å². The van der Waals surface area contributed by atoms with Crippen LogP contribution in [0.3, 0.4) is 0 Å². The highest BCUT2D eigenvalue weighted by molar-refractivity contribution is 6.31. The normalized spacial score (nSPS) is 18.3. The van der Waals surface area contributed by atoms with E-state index in [-0.39, 0.29) is 6.10 Å². The van der Waals surface area contributed by atoms with Crippen LogP contribution in [-0.2, 0) is 16.0 Å². The second kappa shape index (κ2) is 10.1. The molecule has 184 valence electrons. The number of hydrogen-bond donors (Lipinski definition) is 1. The number of carbonyl (C=O) groups is 1. The molecular formula is C23H21ClF3N5O3. The molecule has 12 heteroatoms. The predicted molar refractivity (Wildman–Crippen MR) is 122 cm³/mol. The van der Waals surface area contributed by atoms with E-state index < -0.39 is 12.1 Å². The van der Waals surface area contributed by atoms with Gasteiger partial charge in [0.1, 0.15) is 11.3 Å². The van der Waals surface area contributed by atoms with Crippen LogP contribution in [0.4, 0.5) is 13.2 Å². The monoisotopic (exact) mass is 507 g/mol. The van der Waals surface area contributed by atoms with E-state index >= 15 is 0 Å². The highest BCUT2D eigenvalue weighted by Crippen LogP contribution is 2.34. The van der Waals surface area contributed by atoms with Gasteiger partial charge in [0.05, 0.1) is 29.0 Å². The first-order chi connectivity index (χ1) is 16.6. The Morgan fingerprint density at radius 2 is 2.00 bits per heavy atom. The van der Waals surface area contributed by atoms with Gasteiger partial charge in [0.25, 0.3) is 0 Å². The van der Waals surface area contributed by atoms with Crippen LogP contribution in [0.5, 0.6) is 0 Å². The summed E-state index contributed by atoms with van der Waals surface area (Å²) in [6.07, 6.45) is 4.71. The van der Waals surface area contributed by atoms with Gasteiger partial charge in [-0.25, -0.2) is 9.78 Å². The molecule has 4 heterocycles. The van der Waals surface area contributed by atoms with E-state index in [0.29, 0.717) is 17.5 Å². The fourth-order valence-corrected chi connectivity index (χ4v) is 4.28. The van der Waals surface area contributed by atoms with Gasteiger partial charge in [0.2, 0.25) is 0 Å². The molecule has 0 radical (unpaired) electrons. The van der Waals surface area contributed by atoms with Crippen molar-refractivity contribution in [2.75, 3.05) is 6.61 Å². The van der Waals surface area contributed by atoms with Crippen molar-refractivity contribution in [3.63, 3.8) is 0 Å². The second-order valence-corrected chi connectivity index (χ2v) is 8.52. The van der Waals surface area contributed by atoms with E-state index in [2.05, 4.69) is 26.4 Å². The highest BCUT2D eigenvalue weighted by atomic mass is 35.5. The van der Waals surface area contributed by atoms with Crippen LogP contribution in [-0.4, -0.2) is 54.5 Å². The van der Waals surface area contributed by atoms with Gasteiger partial charge in [0.15, 0.2) is 0 Å². The SMILES string of the molecule is C[C@@H]1C[C@H](n2c(Cc3cnccn3)nc3cnc4ccc(Cl)cc4c32)CCO1.O=C(O)C(F)(F)F.